The standard InChI is InChI=1S/C17H27N3O/c1-4-15(3)18-17(21)13-19-9-11-20(12-10-19)16-8-6-5-7-14(16)2/h5-8,15H,4,9-13H2,1-3H3,(H,18,21)/t15-/m0/s1. The summed E-state index contributed by atoms with van der Waals surface area (Å²) in [5.74, 6) is 0.147. The van der Waals surface area contributed by atoms with E-state index in [1.54, 1.807) is 0 Å². The summed E-state index contributed by atoms with van der Waals surface area (Å²) in [6.45, 7) is 10.7. The molecule has 1 saturated heterocycles. The van der Waals surface area contributed by atoms with E-state index in [4.69, 9.17) is 0 Å². The number of benzene rings is 1. The number of amides is 1. The predicted molar refractivity (Wildman–Crippen MR) is 87.7 cm³/mol. The van der Waals surface area contributed by atoms with E-state index in [2.05, 4.69) is 53.2 Å². The van der Waals surface area contributed by atoms with Crippen molar-refractivity contribution < 1.29 is 4.79 Å². The molecule has 0 saturated carbocycles. The third-order valence-electron chi connectivity index (χ3n) is 4.22. The summed E-state index contributed by atoms with van der Waals surface area (Å²) in [5, 5.41) is 3.03. The number of carbonyl (C=O) groups is 1. The van der Waals surface area contributed by atoms with Gasteiger partial charge in [0.05, 0.1) is 6.54 Å². The molecule has 2 rings (SSSR count). The lowest BCUT2D eigenvalue weighted by atomic mass is 10.1. The van der Waals surface area contributed by atoms with E-state index < -0.39 is 0 Å². The van der Waals surface area contributed by atoms with Gasteiger partial charge in [-0.1, -0.05) is 25.1 Å². The van der Waals surface area contributed by atoms with Crippen LogP contribution < -0.4 is 10.2 Å². The van der Waals surface area contributed by atoms with Crippen molar-refractivity contribution in [3.05, 3.63) is 29.8 Å². The number of para-hydroxylation sites is 1. The van der Waals surface area contributed by atoms with Gasteiger partial charge in [0.15, 0.2) is 0 Å². The van der Waals surface area contributed by atoms with Crippen LogP contribution in [0.4, 0.5) is 5.69 Å². The lowest BCUT2D eigenvalue weighted by Gasteiger charge is -2.36. The van der Waals surface area contributed by atoms with Crippen molar-refractivity contribution in [3.63, 3.8) is 0 Å². The molecule has 1 aliphatic heterocycles. The monoisotopic (exact) mass is 289 g/mol. The van der Waals surface area contributed by atoms with Crippen LogP contribution in [0.2, 0.25) is 0 Å². The maximum Gasteiger partial charge on any atom is 0.234 e. The van der Waals surface area contributed by atoms with E-state index in [0.29, 0.717) is 6.54 Å². The van der Waals surface area contributed by atoms with E-state index in [0.717, 1.165) is 32.6 Å². The van der Waals surface area contributed by atoms with Gasteiger partial charge in [-0.25, -0.2) is 0 Å². The first kappa shape index (κ1) is 15.8. The lowest BCUT2D eigenvalue weighted by molar-refractivity contribution is -0.122. The van der Waals surface area contributed by atoms with Crippen molar-refractivity contribution in [2.24, 2.45) is 0 Å². The second kappa shape index (κ2) is 7.46. The molecule has 4 nitrogen and oxygen atoms in total. The molecule has 1 N–H and O–H groups in total. The largest absolute Gasteiger partial charge is 0.369 e. The van der Waals surface area contributed by atoms with Gasteiger partial charge in [0.1, 0.15) is 0 Å². The molecule has 116 valence electrons. The molecule has 1 heterocycles. The Labute approximate surface area is 128 Å². The average Bonchev–Trinajstić information content (AvgIpc) is 2.48. The molecular weight excluding hydrogens is 262 g/mol. The predicted octanol–water partition coefficient (Wildman–Crippen LogP) is 2.03. The quantitative estimate of drug-likeness (QED) is 0.901. The Kier molecular flexibility index (Phi) is 5.62. The first-order valence-corrected chi connectivity index (χ1v) is 7.92. The Morgan fingerprint density at radius 1 is 1.24 bits per heavy atom. The molecule has 1 aliphatic rings. The zero-order valence-electron chi connectivity index (χ0n) is 13.4. The van der Waals surface area contributed by atoms with Gasteiger partial charge in [-0.2, -0.15) is 0 Å². The van der Waals surface area contributed by atoms with Crippen LogP contribution in [-0.4, -0.2) is 49.6 Å². The molecule has 0 aliphatic carbocycles. The fourth-order valence-corrected chi connectivity index (χ4v) is 2.69. The minimum Gasteiger partial charge on any atom is -0.369 e. The van der Waals surface area contributed by atoms with Gasteiger partial charge in [0, 0.05) is 37.9 Å². The van der Waals surface area contributed by atoms with Crippen LogP contribution in [0.5, 0.6) is 0 Å². The van der Waals surface area contributed by atoms with Crippen molar-refractivity contribution >= 4 is 11.6 Å². The molecule has 1 atom stereocenters. The summed E-state index contributed by atoms with van der Waals surface area (Å²) < 4.78 is 0. The topological polar surface area (TPSA) is 35.6 Å². The fourth-order valence-electron chi connectivity index (χ4n) is 2.69. The number of anilines is 1. The van der Waals surface area contributed by atoms with Crippen molar-refractivity contribution in [3.8, 4) is 0 Å². The van der Waals surface area contributed by atoms with E-state index in [9.17, 15) is 4.79 Å². The number of hydrogen-bond donors (Lipinski definition) is 1. The molecule has 1 fully saturated rings. The minimum atomic E-state index is 0.147. The van der Waals surface area contributed by atoms with Gasteiger partial charge >= 0.3 is 0 Å². The number of aryl methyl sites for hydroxylation is 1. The van der Waals surface area contributed by atoms with Gasteiger partial charge in [-0.3, -0.25) is 9.69 Å². The normalized spacial score (nSPS) is 17.6. The zero-order valence-corrected chi connectivity index (χ0v) is 13.4. The Morgan fingerprint density at radius 2 is 1.90 bits per heavy atom. The van der Waals surface area contributed by atoms with Crippen LogP contribution in [0.1, 0.15) is 25.8 Å². The SMILES string of the molecule is CC[C@H](C)NC(=O)CN1CCN(c2ccccc2C)CC1. The highest BCUT2D eigenvalue weighted by atomic mass is 16.2. The van der Waals surface area contributed by atoms with Gasteiger partial charge in [-0.05, 0) is 31.9 Å². The zero-order chi connectivity index (χ0) is 15.2. The molecule has 0 unspecified atom stereocenters. The minimum absolute atomic E-state index is 0.147. The van der Waals surface area contributed by atoms with E-state index in [1.807, 2.05) is 6.92 Å². The van der Waals surface area contributed by atoms with Gasteiger partial charge in [0.2, 0.25) is 5.91 Å². The number of hydrogen-bond acceptors (Lipinski definition) is 3. The molecule has 1 amide bonds. The van der Waals surface area contributed by atoms with E-state index >= 15 is 0 Å². The summed E-state index contributed by atoms with van der Waals surface area (Å²) in [4.78, 5) is 16.6. The van der Waals surface area contributed by atoms with E-state index in [1.165, 1.54) is 11.3 Å². The molecule has 21 heavy (non-hydrogen) atoms. The summed E-state index contributed by atoms with van der Waals surface area (Å²) in [5.41, 5.74) is 2.64. The smallest absolute Gasteiger partial charge is 0.234 e. The Hall–Kier alpha value is -1.55. The van der Waals surface area contributed by atoms with Crippen LogP contribution >= 0.6 is 0 Å². The first-order chi connectivity index (χ1) is 10.1. The van der Waals surface area contributed by atoms with Gasteiger partial charge in [0.25, 0.3) is 0 Å². The highest BCUT2D eigenvalue weighted by Crippen LogP contribution is 2.20. The lowest BCUT2D eigenvalue weighted by Crippen LogP contribution is -2.50. The van der Waals surface area contributed by atoms with Crippen molar-refractivity contribution in [2.45, 2.75) is 33.2 Å². The second-order valence-corrected chi connectivity index (χ2v) is 5.93. The van der Waals surface area contributed by atoms with Crippen LogP contribution in [-0.2, 0) is 4.79 Å². The average molecular weight is 289 g/mol. The van der Waals surface area contributed by atoms with Crippen LogP contribution in [0, 0.1) is 6.92 Å². The maximum absolute atomic E-state index is 11.9. The summed E-state index contributed by atoms with van der Waals surface area (Å²) >= 11 is 0. The van der Waals surface area contributed by atoms with Gasteiger partial charge < -0.3 is 10.2 Å². The number of nitrogens with zero attached hydrogens (tertiary/aromatic N) is 2. The van der Waals surface area contributed by atoms with Crippen LogP contribution in [0.15, 0.2) is 24.3 Å². The molecule has 0 aromatic heterocycles. The Bertz CT molecular complexity index is 467. The number of carbonyl (C=O) groups excluding carboxylic acids is 1. The van der Waals surface area contributed by atoms with Gasteiger partial charge in [-0.15, -0.1) is 0 Å². The molecule has 0 bridgehead atoms. The number of nitrogens with one attached hydrogen (secondary N) is 1. The van der Waals surface area contributed by atoms with E-state index in [-0.39, 0.29) is 11.9 Å². The number of piperazine rings is 1. The van der Waals surface area contributed by atoms with Crippen LogP contribution in [0.3, 0.4) is 0 Å². The van der Waals surface area contributed by atoms with Crippen molar-refractivity contribution in [1.82, 2.24) is 10.2 Å². The third-order valence-corrected chi connectivity index (χ3v) is 4.22. The summed E-state index contributed by atoms with van der Waals surface area (Å²) in [6.07, 6.45) is 0.979. The Morgan fingerprint density at radius 3 is 2.52 bits per heavy atom. The molecule has 0 radical (unpaired) electrons. The third kappa shape index (κ3) is 4.46. The number of rotatable bonds is 5. The molecule has 4 heteroatoms. The van der Waals surface area contributed by atoms with Crippen molar-refractivity contribution in [1.29, 1.82) is 0 Å². The maximum atomic E-state index is 11.9. The fraction of sp³-hybridized carbons (Fsp3) is 0.588. The van der Waals surface area contributed by atoms with Crippen molar-refractivity contribution in [2.75, 3.05) is 37.6 Å². The summed E-state index contributed by atoms with van der Waals surface area (Å²) in [7, 11) is 0. The molecular formula is C17H27N3O. The molecule has 1 aromatic carbocycles. The summed E-state index contributed by atoms with van der Waals surface area (Å²) in [6, 6.07) is 8.77. The van der Waals surface area contributed by atoms with Crippen LogP contribution in [0.25, 0.3) is 0 Å². The molecule has 1 aromatic rings. The Balaban J connectivity index is 1.81. The molecule has 0 spiro atoms. The second-order valence-electron chi connectivity index (χ2n) is 5.93. The highest BCUT2D eigenvalue weighted by molar-refractivity contribution is 5.78. The highest BCUT2D eigenvalue weighted by Gasteiger charge is 2.20. The first-order valence-electron chi connectivity index (χ1n) is 7.92.